The fourth-order valence-corrected chi connectivity index (χ4v) is 5.17. The predicted molar refractivity (Wildman–Crippen MR) is 135 cm³/mol. The van der Waals surface area contributed by atoms with Crippen LogP contribution in [0, 0.1) is 0 Å². The van der Waals surface area contributed by atoms with Gasteiger partial charge in [0.15, 0.2) is 5.78 Å². The van der Waals surface area contributed by atoms with Crippen LogP contribution >= 0.6 is 11.8 Å². The zero-order valence-electron chi connectivity index (χ0n) is 18.1. The zero-order chi connectivity index (χ0) is 21.9. The molecule has 158 valence electrons. The molecule has 0 bridgehead atoms. The standard InChI is InChI=1S/C29H25NOS/c1-2-3-10-27(31)23-15-13-21(14-16-23)22-17-19-24(20-18-22)30-25-8-4-6-11-28(25)32-29-12-7-5-9-26(29)30/h4-9,11-20H,2-3,10H2,1H3. The molecule has 0 amide bonds. The van der Waals surface area contributed by atoms with E-state index < -0.39 is 0 Å². The van der Waals surface area contributed by atoms with Crippen LogP contribution in [0.25, 0.3) is 11.1 Å². The molecule has 4 aromatic carbocycles. The molecule has 1 aliphatic rings. The first kappa shape index (κ1) is 20.6. The SMILES string of the molecule is CCCCC(=O)c1ccc(-c2ccc(N3c4ccccc4Sc4ccccc43)cc2)cc1. The lowest BCUT2D eigenvalue weighted by Crippen LogP contribution is -2.14. The molecule has 32 heavy (non-hydrogen) atoms. The fraction of sp³-hybridized carbons (Fsp3) is 0.138. The quantitative estimate of drug-likeness (QED) is 0.249. The van der Waals surface area contributed by atoms with Crippen molar-refractivity contribution in [2.24, 2.45) is 0 Å². The van der Waals surface area contributed by atoms with Gasteiger partial charge in [0.2, 0.25) is 0 Å². The molecule has 0 N–H and O–H groups in total. The van der Waals surface area contributed by atoms with Crippen molar-refractivity contribution in [1.82, 2.24) is 0 Å². The zero-order valence-corrected chi connectivity index (χ0v) is 18.9. The predicted octanol–water partition coefficient (Wildman–Crippen LogP) is 8.66. The summed E-state index contributed by atoms with van der Waals surface area (Å²) < 4.78 is 0. The maximum Gasteiger partial charge on any atom is 0.162 e. The van der Waals surface area contributed by atoms with E-state index in [4.69, 9.17) is 0 Å². The normalized spacial score (nSPS) is 12.2. The van der Waals surface area contributed by atoms with Crippen LogP contribution in [0.5, 0.6) is 0 Å². The average molecular weight is 436 g/mol. The number of benzene rings is 4. The van der Waals surface area contributed by atoms with Gasteiger partial charge in [0.05, 0.1) is 11.4 Å². The molecule has 5 rings (SSSR count). The second-order valence-corrected chi connectivity index (χ2v) is 9.11. The third-order valence-corrected chi connectivity index (χ3v) is 6.99. The Kier molecular flexibility index (Phi) is 5.83. The Bertz CT molecular complexity index is 1200. The lowest BCUT2D eigenvalue weighted by Gasteiger charge is -2.32. The van der Waals surface area contributed by atoms with Crippen LogP contribution in [0.2, 0.25) is 0 Å². The van der Waals surface area contributed by atoms with Crippen LogP contribution < -0.4 is 4.90 Å². The number of hydrogen-bond acceptors (Lipinski definition) is 3. The summed E-state index contributed by atoms with van der Waals surface area (Å²) in [6, 6.07) is 33.8. The van der Waals surface area contributed by atoms with E-state index in [0.29, 0.717) is 6.42 Å². The van der Waals surface area contributed by atoms with Gasteiger partial charge in [0, 0.05) is 27.5 Å². The first-order chi connectivity index (χ1) is 15.7. The van der Waals surface area contributed by atoms with Gasteiger partial charge in [-0.15, -0.1) is 0 Å². The molecule has 0 spiro atoms. The summed E-state index contributed by atoms with van der Waals surface area (Å²) in [6.45, 7) is 2.11. The number of hydrogen-bond donors (Lipinski definition) is 0. The number of rotatable bonds is 6. The van der Waals surface area contributed by atoms with Gasteiger partial charge >= 0.3 is 0 Å². The third kappa shape index (κ3) is 3.96. The minimum absolute atomic E-state index is 0.231. The van der Waals surface area contributed by atoms with Crippen LogP contribution in [0.3, 0.4) is 0 Å². The number of fused-ring (bicyclic) bond motifs is 2. The van der Waals surface area contributed by atoms with Gasteiger partial charge in [0.25, 0.3) is 0 Å². The van der Waals surface area contributed by atoms with E-state index in [-0.39, 0.29) is 5.78 Å². The van der Waals surface area contributed by atoms with Crippen LogP contribution in [0.15, 0.2) is 107 Å². The summed E-state index contributed by atoms with van der Waals surface area (Å²) in [7, 11) is 0. The van der Waals surface area contributed by atoms with Crippen LogP contribution in [0.1, 0.15) is 36.5 Å². The van der Waals surface area contributed by atoms with Gasteiger partial charge < -0.3 is 4.90 Å². The number of carbonyl (C=O) groups excluding carboxylic acids is 1. The van der Waals surface area contributed by atoms with Crippen molar-refractivity contribution in [3.63, 3.8) is 0 Å². The molecule has 0 aliphatic carbocycles. The molecule has 0 unspecified atom stereocenters. The highest BCUT2D eigenvalue weighted by Crippen LogP contribution is 2.51. The maximum atomic E-state index is 12.3. The van der Waals surface area contributed by atoms with Gasteiger partial charge in [-0.05, 0) is 53.9 Å². The second kappa shape index (κ2) is 9.05. The first-order valence-electron chi connectivity index (χ1n) is 11.1. The first-order valence-corrected chi connectivity index (χ1v) is 12.0. The van der Waals surface area contributed by atoms with E-state index >= 15 is 0 Å². The minimum atomic E-state index is 0.231. The van der Waals surface area contributed by atoms with Crippen molar-refractivity contribution in [3.05, 3.63) is 103 Å². The number of nitrogens with zero attached hydrogens (tertiary/aromatic N) is 1. The fourth-order valence-electron chi connectivity index (χ4n) is 4.12. The van der Waals surface area contributed by atoms with E-state index in [0.717, 1.165) is 35.2 Å². The average Bonchev–Trinajstić information content (AvgIpc) is 2.86. The third-order valence-electron chi connectivity index (χ3n) is 5.86. The monoisotopic (exact) mass is 435 g/mol. The van der Waals surface area contributed by atoms with E-state index in [1.54, 1.807) is 0 Å². The highest BCUT2D eigenvalue weighted by Gasteiger charge is 2.24. The minimum Gasteiger partial charge on any atom is -0.308 e. The smallest absolute Gasteiger partial charge is 0.162 e. The molecule has 4 aromatic rings. The molecule has 0 saturated heterocycles. The van der Waals surface area contributed by atoms with E-state index in [9.17, 15) is 4.79 Å². The molecule has 0 aromatic heterocycles. The molecule has 2 nitrogen and oxygen atoms in total. The van der Waals surface area contributed by atoms with Crippen molar-refractivity contribution >= 4 is 34.6 Å². The molecule has 3 heteroatoms. The molecule has 1 heterocycles. The van der Waals surface area contributed by atoms with E-state index in [1.807, 2.05) is 23.9 Å². The number of ketones is 1. The Morgan fingerprint density at radius 1 is 0.719 bits per heavy atom. The Morgan fingerprint density at radius 3 is 1.81 bits per heavy atom. The van der Waals surface area contributed by atoms with Crippen molar-refractivity contribution in [2.75, 3.05) is 4.90 Å². The summed E-state index contributed by atoms with van der Waals surface area (Å²) in [5, 5.41) is 0. The van der Waals surface area contributed by atoms with Gasteiger partial charge in [-0.1, -0.05) is 85.8 Å². The maximum absolute atomic E-state index is 12.3. The van der Waals surface area contributed by atoms with Gasteiger partial charge in [-0.25, -0.2) is 0 Å². The summed E-state index contributed by atoms with van der Waals surface area (Å²) in [5.41, 5.74) is 6.63. The van der Waals surface area contributed by atoms with Gasteiger partial charge in [0.1, 0.15) is 0 Å². The number of unbranched alkanes of at least 4 members (excludes halogenated alkanes) is 1. The summed E-state index contributed by atoms with van der Waals surface area (Å²) in [5.74, 6) is 0.231. The van der Waals surface area contributed by atoms with Crippen LogP contribution in [-0.2, 0) is 0 Å². The lowest BCUT2D eigenvalue weighted by molar-refractivity contribution is 0.0980. The molecule has 1 aliphatic heterocycles. The summed E-state index contributed by atoms with van der Waals surface area (Å²) in [4.78, 5) is 17.1. The van der Waals surface area contributed by atoms with Crippen molar-refractivity contribution in [3.8, 4) is 11.1 Å². The van der Waals surface area contributed by atoms with Crippen molar-refractivity contribution in [2.45, 2.75) is 36.0 Å². The van der Waals surface area contributed by atoms with Gasteiger partial charge in [-0.3, -0.25) is 4.79 Å². The molecule has 0 saturated carbocycles. The number of para-hydroxylation sites is 2. The molecule has 0 radical (unpaired) electrons. The summed E-state index contributed by atoms with van der Waals surface area (Å²) in [6.07, 6.45) is 2.62. The van der Waals surface area contributed by atoms with Crippen molar-refractivity contribution in [1.29, 1.82) is 0 Å². The molecule has 0 atom stereocenters. The number of Topliss-reactive ketones (excluding diaryl/α,β-unsaturated/α-hetero) is 1. The highest BCUT2D eigenvalue weighted by atomic mass is 32.2. The second-order valence-electron chi connectivity index (χ2n) is 8.02. The lowest BCUT2D eigenvalue weighted by atomic mass is 10.00. The Hall–Kier alpha value is -3.30. The largest absolute Gasteiger partial charge is 0.308 e. The van der Waals surface area contributed by atoms with Crippen molar-refractivity contribution < 1.29 is 4.79 Å². The topological polar surface area (TPSA) is 20.3 Å². The van der Waals surface area contributed by atoms with E-state index in [1.165, 1.54) is 21.2 Å². The van der Waals surface area contributed by atoms with Gasteiger partial charge in [-0.2, -0.15) is 0 Å². The molecule has 0 fully saturated rings. The summed E-state index contributed by atoms with van der Waals surface area (Å²) >= 11 is 1.82. The van der Waals surface area contributed by atoms with Crippen LogP contribution in [0.4, 0.5) is 17.1 Å². The molecular formula is C29H25NOS. The highest BCUT2D eigenvalue weighted by molar-refractivity contribution is 7.99. The number of carbonyl (C=O) groups is 1. The Morgan fingerprint density at radius 2 is 1.25 bits per heavy atom. The number of anilines is 3. The Labute approximate surface area is 193 Å². The Balaban J connectivity index is 1.44. The molecular weight excluding hydrogens is 410 g/mol. The van der Waals surface area contributed by atoms with E-state index in [2.05, 4.69) is 96.8 Å². The van der Waals surface area contributed by atoms with Crippen LogP contribution in [-0.4, -0.2) is 5.78 Å².